The largest absolute Gasteiger partial charge is 0.497 e. The summed E-state index contributed by atoms with van der Waals surface area (Å²) in [6.45, 7) is 2.68. The number of ketones is 2. The van der Waals surface area contributed by atoms with Crippen LogP contribution in [0.3, 0.4) is 0 Å². The van der Waals surface area contributed by atoms with E-state index in [-0.39, 0.29) is 24.4 Å². The summed E-state index contributed by atoms with van der Waals surface area (Å²) in [4.78, 5) is 22.3. The Kier molecular flexibility index (Phi) is 6.82. The second kappa shape index (κ2) is 8.43. The van der Waals surface area contributed by atoms with Gasteiger partial charge in [0.1, 0.15) is 5.75 Å². The Morgan fingerprint density at radius 1 is 1.11 bits per heavy atom. The maximum absolute atomic E-state index is 11.3. The smallest absolute Gasteiger partial charge is 0.198 e. The molecule has 0 radical (unpaired) electrons. The Labute approximate surface area is 113 Å². The van der Waals surface area contributed by atoms with Crippen LogP contribution in [0.25, 0.3) is 0 Å². The van der Waals surface area contributed by atoms with Crippen LogP contribution < -0.4 is 4.74 Å². The minimum absolute atomic E-state index is 0.273. The van der Waals surface area contributed by atoms with E-state index in [1.807, 2.05) is 24.3 Å². The summed E-state index contributed by atoms with van der Waals surface area (Å²) in [5, 5.41) is 0. The van der Waals surface area contributed by atoms with Crippen molar-refractivity contribution in [2.24, 2.45) is 0 Å². The first-order chi connectivity index (χ1) is 9.17. The molecule has 0 spiro atoms. The molecule has 1 rings (SSSR count). The summed E-state index contributed by atoms with van der Waals surface area (Å²) in [5.74, 6) is 0.220. The summed E-state index contributed by atoms with van der Waals surface area (Å²) in [7, 11) is 1.63. The second-order valence-corrected chi connectivity index (χ2v) is 4.20. The van der Waals surface area contributed by atoms with Gasteiger partial charge in [0.05, 0.1) is 13.7 Å². The lowest BCUT2D eigenvalue weighted by Crippen LogP contribution is -2.12. The van der Waals surface area contributed by atoms with Crippen LogP contribution in [-0.4, -0.2) is 25.3 Å². The van der Waals surface area contributed by atoms with Gasteiger partial charge < -0.3 is 9.47 Å². The van der Waals surface area contributed by atoms with Crippen molar-refractivity contribution in [3.63, 3.8) is 0 Å². The fourth-order valence-corrected chi connectivity index (χ4v) is 1.58. The number of hydrogen-bond acceptors (Lipinski definition) is 4. The topological polar surface area (TPSA) is 52.6 Å². The van der Waals surface area contributed by atoms with Gasteiger partial charge in [-0.1, -0.05) is 19.1 Å². The molecule has 0 saturated heterocycles. The number of benzene rings is 1. The zero-order chi connectivity index (χ0) is 14.1. The lowest BCUT2D eigenvalue weighted by Gasteiger charge is -2.05. The van der Waals surface area contributed by atoms with Gasteiger partial charge in [-0.3, -0.25) is 9.59 Å². The number of carbonyl (C=O) groups excluding carboxylic acids is 2. The van der Waals surface area contributed by atoms with Crippen LogP contribution in [0, 0.1) is 0 Å². The van der Waals surface area contributed by atoms with Crippen molar-refractivity contribution in [3.8, 4) is 5.75 Å². The quantitative estimate of drug-likeness (QED) is 0.508. The molecule has 1 aromatic rings. The number of ether oxygens (including phenoxy) is 2. The van der Waals surface area contributed by atoms with Gasteiger partial charge in [-0.25, -0.2) is 0 Å². The fourth-order valence-electron chi connectivity index (χ4n) is 1.58. The Bertz CT molecular complexity index is 409. The molecule has 0 aliphatic rings. The molecular formula is C15H20O4. The summed E-state index contributed by atoms with van der Waals surface area (Å²) >= 11 is 0. The van der Waals surface area contributed by atoms with Gasteiger partial charge >= 0.3 is 0 Å². The predicted octanol–water partition coefficient (Wildman–Crippen LogP) is 2.54. The monoisotopic (exact) mass is 264 g/mol. The molecular weight excluding hydrogens is 244 g/mol. The van der Waals surface area contributed by atoms with Crippen molar-refractivity contribution in [1.29, 1.82) is 0 Å². The maximum Gasteiger partial charge on any atom is 0.198 e. The van der Waals surface area contributed by atoms with Crippen molar-refractivity contribution in [2.45, 2.75) is 32.8 Å². The summed E-state index contributed by atoms with van der Waals surface area (Å²) in [5.41, 5.74) is 1.05. The summed E-state index contributed by atoms with van der Waals surface area (Å²) < 4.78 is 10.5. The first-order valence-corrected chi connectivity index (χ1v) is 6.44. The molecule has 0 saturated carbocycles. The molecule has 0 atom stereocenters. The standard InChI is InChI=1S/C15H20O4/c1-3-14(16)15(17)5-4-10-19-11-12-6-8-13(18-2)9-7-12/h6-9H,3-5,10-11H2,1-2H3. The summed E-state index contributed by atoms with van der Waals surface area (Å²) in [6.07, 6.45) is 1.14. The molecule has 1 aromatic carbocycles. The number of hydrogen-bond donors (Lipinski definition) is 0. The predicted molar refractivity (Wildman–Crippen MR) is 72.2 cm³/mol. The van der Waals surface area contributed by atoms with Crippen molar-refractivity contribution >= 4 is 11.6 Å². The zero-order valence-corrected chi connectivity index (χ0v) is 11.5. The summed E-state index contributed by atoms with van der Waals surface area (Å²) in [6, 6.07) is 7.62. The number of Topliss-reactive ketones (excluding diaryl/α,β-unsaturated/α-hetero) is 2. The van der Waals surface area contributed by atoms with Gasteiger partial charge in [0, 0.05) is 19.4 Å². The van der Waals surface area contributed by atoms with E-state index < -0.39 is 0 Å². The van der Waals surface area contributed by atoms with Gasteiger partial charge in [0.25, 0.3) is 0 Å². The molecule has 0 heterocycles. The van der Waals surface area contributed by atoms with Crippen LogP contribution in [0.5, 0.6) is 5.75 Å². The minimum Gasteiger partial charge on any atom is -0.497 e. The van der Waals surface area contributed by atoms with Crippen LogP contribution in [0.4, 0.5) is 0 Å². The normalized spacial score (nSPS) is 10.2. The molecule has 0 N–H and O–H groups in total. The van der Waals surface area contributed by atoms with Crippen molar-refractivity contribution in [1.82, 2.24) is 0 Å². The third-order valence-corrected chi connectivity index (χ3v) is 2.75. The van der Waals surface area contributed by atoms with Crippen LogP contribution in [0.2, 0.25) is 0 Å². The van der Waals surface area contributed by atoms with Gasteiger partial charge in [-0.2, -0.15) is 0 Å². The zero-order valence-electron chi connectivity index (χ0n) is 11.5. The van der Waals surface area contributed by atoms with Gasteiger partial charge in [0.15, 0.2) is 11.6 Å². The molecule has 0 amide bonds. The molecule has 19 heavy (non-hydrogen) atoms. The molecule has 0 aromatic heterocycles. The average Bonchev–Trinajstić information content (AvgIpc) is 2.46. The second-order valence-electron chi connectivity index (χ2n) is 4.20. The minimum atomic E-state index is -0.296. The van der Waals surface area contributed by atoms with Crippen LogP contribution >= 0.6 is 0 Å². The number of carbonyl (C=O) groups is 2. The van der Waals surface area contributed by atoms with Crippen LogP contribution in [0.1, 0.15) is 31.7 Å². The van der Waals surface area contributed by atoms with Crippen molar-refractivity contribution in [3.05, 3.63) is 29.8 Å². The highest BCUT2D eigenvalue weighted by atomic mass is 16.5. The molecule has 0 aliphatic carbocycles. The Hall–Kier alpha value is -1.68. The first kappa shape index (κ1) is 15.4. The molecule has 4 heteroatoms. The van der Waals surface area contributed by atoms with Gasteiger partial charge in [-0.15, -0.1) is 0 Å². The van der Waals surface area contributed by atoms with E-state index in [4.69, 9.17) is 9.47 Å². The third-order valence-electron chi connectivity index (χ3n) is 2.75. The van der Waals surface area contributed by atoms with E-state index in [0.29, 0.717) is 19.6 Å². The van der Waals surface area contributed by atoms with Crippen LogP contribution in [0.15, 0.2) is 24.3 Å². The number of methoxy groups -OCH3 is 1. The third kappa shape index (κ3) is 5.66. The highest BCUT2D eigenvalue weighted by molar-refractivity contribution is 6.37. The molecule has 4 nitrogen and oxygen atoms in total. The van der Waals surface area contributed by atoms with Gasteiger partial charge in [-0.05, 0) is 24.1 Å². The Morgan fingerprint density at radius 2 is 1.79 bits per heavy atom. The Balaban J connectivity index is 2.16. The molecule has 0 aliphatic heterocycles. The van der Waals surface area contributed by atoms with Crippen molar-refractivity contribution in [2.75, 3.05) is 13.7 Å². The molecule has 0 fully saturated rings. The van der Waals surface area contributed by atoms with E-state index in [1.54, 1.807) is 14.0 Å². The van der Waals surface area contributed by atoms with Gasteiger partial charge in [0.2, 0.25) is 0 Å². The van der Waals surface area contributed by atoms with E-state index in [9.17, 15) is 9.59 Å². The fraction of sp³-hybridized carbons (Fsp3) is 0.467. The molecule has 0 bridgehead atoms. The van der Waals surface area contributed by atoms with E-state index in [2.05, 4.69) is 0 Å². The highest BCUT2D eigenvalue weighted by Gasteiger charge is 2.09. The number of rotatable bonds is 9. The first-order valence-electron chi connectivity index (χ1n) is 6.44. The lowest BCUT2D eigenvalue weighted by molar-refractivity contribution is -0.136. The average molecular weight is 264 g/mol. The highest BCUT2D eigenvalue weighted by Crippen LogP contribution is 2.12. The van der Waals surface area contributed by atoms with E-state index in [1.165, 1.54) is 0 Å². The van der Waals surface area contributed by atoms with Crippen molar-refractivity contribution < 1.29 is 19.1 Å². The molecule has 104 valence electrons. The lowest BCUT2D eigenvalue weighted by atomic mass is 10.1. The SMILES string of the molecule is CCC(=O)C(=O)CCCOCc1ccc(OC)cc1. The Morgan fingerprint density at radius 3 is 2.37 bits per heavy atom. The van der Waals surface area contributed by atoms with E-state index >= 15 is 0 Å². The maximum atomic E-state index is 11.3. The van der Waals surface area contributed by atoms with E-state index in [0.717, 1.165) is 11.3 Å². The van der Waals surface area contributed by atoms with Crippen LogP contribution in [-0.2, 0) is 20.9 Å². The molecule has 0 unspecified atom stereocenters.